The summed E-state index contributed by atoms with van der Waals surface area (Å²) in [5.41, 5.74) is 1.93. The van der Waals surface area contributed by atoms with Gasteiger partial charge in [0.25, 0.3) is 0 Å². The number of para-hydroxylation sites is 1. The highest BCUT2D eigenvalue weighted by Crippen LogP contribution is 2.38. The second-order valence-electron chi connectivity index (χ2n) is 7.90. The van der Waals surface area contributed by atoms with E-state index in [1.54, 1.807) is 25.1 Å². The number of aryl methyl sites for hydroxylation is 2. The first-order valence-corrected chi connectivity index (χ1v) is 13.2. The van der Waals surface area contributed by atoms with Gasteiger partial charge in [-0.25, -0.2) is 23.4 Å². The van der Waals surface area contributed by atoms with Crippen molar-refractivity contribution in [1.29, 1.82) is 0 Å². The summed E-state index contributed by atoms with van der Waals surface area (Å²) in [6, 6.07) is 5.14. The number of sulfonamides is 1. The summed E-state index contributed by atoms with van der Waals surface area (Å²) in [5.74, 6) is 0.925. The van der Waals surface area contributed by atoms with E-state index in [4.69, 9.17) is 9.47 Å². The Morgan fingerprint density at radius 3 is 2.28 bits per heavy atom. The predicted octanol–water partition coefficient (Wildman–Crippen LogP) is 2.68. The summed E-state index contributed by atoms with van der Waals surface area (Å²) in [4.78, 5) is 12.6. The number of hydrogen-bond donors (Lipinski definition) is 2. The molecule has 0 spiro atoms. The standard InChI is InChI=1S/C22H25N7O5S2/c1-12-9-23-19(24-10-12)18(30)14(3)36(31,32)28-22-27-26-20(21-25-13(2)11-35-21)29(22)17-15(33-4)7-6-8-16(17)34-5/h6-11,14,18,30H,1-5H3,(H,27,28)/t14-,18-/m0/s1. The summed E-state index contributed by atoms with van der Waals surface area (Å²) in [5, 5.41) is 20.1. The molecule has 2 atom stereocenters. The third-order valence-electron chi connectivity index (χ3n) is 5.33. The van der Waals surface area contributed by atoms with Gasteiger partial charge in [0.05, 0.1) is 14.2 Å². The second-order valence-corrected chi connectivity index (χ2v) is 10.8. The number of aromatic nitrogens is 6. The number of benzene rings is 1. The maximum atomic E-state index is 13.3. The van der Waals surface area contributed by atoms with Crippen LogP contribution in [-0.2, 0) is 10.0 Å². The largest absolute Gasteiger partial charge is 0.494 e. The monoisotopic (exact) mass is 531 g/mol. The van der Waals surface area contributed by atoms with Crippen LogP contribution in [-0.4, -0.2) is 62.7 Å². The zero-order valence-corrected chi connectivity index (χ0v) is 21.8. The number of nitrogens with zero attached hydrogens (tertiary/aromatic N) is 6. The molecule has 12 nitrogen and oxygen atoms in total. The number of aliphatic hydroxyl groups excluding tert-OH is 1. The normalized spacial score (nSPS) is 13.3. The van der Waals surface area contributed by atoms with E-state index in [-0.39, 0.29) is 17.6 Å². The molecule has 0 fully saturated rings. The SMILES string of the molecule is COc1cccc(OC)c1-n1c(NS(=O)(=O)[C@@H](C)[C@H](O)c2ncc(C)cn2)nnc1-c1nc(C)cs1. The first-order valence-electron chi connectivity index (χ1n) is 10.7. The van der Waals surface area contributed by atoms with E-state index in [1.807, 2.05) is 12.3 Å². The van der Waals surface area contributed by atoms with E-state index in [1.165, 1.54) is 49.4 Å². The molecule has 14 heteroatoms. The van der Waals surface area contributed by atoms with Crippen molar-refractivity contribution in [3.63, 3.8) is 0 Å². The number of nitrogens with one attached hydrogen (secondary N) is 1. The summed E-state index contributed by atoms with van der Waals surface area (Å²) < 4.78 is 41.7. The first kappa shape index (κ1) is 25.5. The molecule has 2 N–H and O–H groups in total. The number of ether oxygens (including phenoxy) is 2. The Hall–Kier alpha value is -3.62. The number of thiazole rings is 1. The van der Waals surface area contributed by atoms with Crippen LogP contribution in [0.25, 0.3) is 16.5 Å². The lowest BCUT2D eigenvalue weighted by atomic mass is 10.2. The summed E-state index contributed by atoms with van der Waals surface area (Å²) in [7, 11) is -1.23. The van der Waals surface area contributed by atoms with Crippen LogP contribution in [0.4, 0.5) is 5.95 Å². The molecule has 0 unspecified atom stereocenters. The fraction of sp³-hybridized carbons (Fsp3) is 0.318. The number of methoxy groups -OCH3 is 2. The maximum absolute atomic E-state index is 13.3. The van der Waals surface area contributed by atoms with E-state index in [0.29, 0.717) is 22.2 Å². The highest BCUT2D eigenvalue weighted by Gasteiger charge is 2.34. The zero-order valence-electron chi connectivity index (χ0n) is 20.2. The Morgan fingerprint density at radius 2 is 1.72 bits per heavy atom. The average molecular weight is 532 g/mol. The molecule has 1 aromatic carbocycles. The van der Waals surface area contributed by atoms with E-state index >= 15 is 0 Å². The molecule has 0 amide bonds. The van der Waals surface area contributed by atoms with Gasteiger partial charge in [-0.05, 0) is 38.5 Å². The third kappa shape index (κ3) is 4.87. The minimum absolute atomic E-state index is 0.00899. The quantitative estimate of drug-likeness (QED) is 0.329. The Kier molecular flexibility index (Phi) is 7.19. The number of rotatable bonds is 9. The van der Waals surface area contributed by atoms with Crippen molar-refractivity contribution in [1.82, 2.24) is 29.7 Å². The van der Waals surface area contributed by atoms with Crippen molar-refractivity contribution >= 4 is 27.3 Å². The lowest BCUT2D eigenvalue weighted by Crippen LogP contribution is -2.32. The number of aliphatic hydroxyl groups is 1. The molecule has 0 aliphatic carbocycles. The zero-order chi connectivity index (χ0) is 26.0. The fourth-order valence-corrected chi connectivity index (χ4v) is 5.17. The van der Waals surface area contributed by atoms with E-state index in [9.17, 15) is 13.5 Å². The lowest BCUT2D eigenvalue weighted by molar-refractivity contribution is 0.166. The van der Waals surface area contributed by atoms with Gasteiger partial charge in [-0.3, -0.25) is 9.29 Å². The molecule has 3 aromatic heterocycles. The van der Waals surface area contributed by atoms with Gasteiger partial charge in [0, 0.05) is 23.5 Å². The maximum Gasteiger partial charge on any atom is 0.243 e. The van der Waals surface area contributed by atoms with Gasteiger partial charge in [-0.1, -0.05) is 6.07 Å². The third-order valence-corrected chi connectivity index (χ3v) is 7.99. The van der Waals surface area contributed by atoms with Crippen molar-refractivity contribution in [2.75, 3.05) is 18.9 Å². The fourth-order valence-electron chi connectivity index (χ4n) is 3.36. The molecule has 0 saturated heterocycles. The number of hydrogen-bond acceptors (Lipinski definition) is 11. The molecular formula is C22H25N7O5S2. The smallest absolute Gasteiger partial charge is 0.243 e. The Morgan fingerprint density at radius 1 is 1.08 bits per heavy atom. The number of anilines is 1. The topological polar surface area (TPSA) is 154 Å². The van der Waals surface area contributed by atoms with Crippen LogP contribution in [0.5, 0.6) is 11.5 Å². The van der Waals surface area contributed by atoms with E-state index in [0.717, 1.165) is 11.3 Å². The Balaban J connectivity index is 1.81. The van der Waals surface area contributed by atoms with Gasteiger partial charge in [0.1, 0.15) is 28.5 Å². The molecule has 190 valence electrons. The molecular weight excluding hydrogens is 506 g/mol. The molecule has 0 saturated carbocycles. The first-order chi connectivity index (χ1) is 17.2. The van der Waals surface area contributed by atoms with Crippen LogP contribution >= 0.6 is 11.3 Å². The van der Waals surface area contributed by atoms with Gasteiger partial charge in [-0.15, -0.1) is 21.5 Å². The molecule has 0 aliphatic heterocycles. The van der Waals surface area contributed by atoms with Crippen LogP contribution in [0.3, 0.4) is 0 Å². The van der Waals surface area contributed by atoms with Crippen molar-refractivity contribution in [3.05, 3.63) is 53.1 Å². The molecule has 0 radical (unpaired) electrons. The van der Waals surface area contributed by atoms with E-state index < -0.39 is 21.4 Å². The van der Waals surface area contributed by atoms with Gasteiger partial charge in [-0.2, -0.15) is 0 Å². The highest BCUT2D eigenvalue weighted by molar-refractivity contribution is 7.93. The van der Waals surface area contributed by atoms with Crippen LogP contribution < -0.4 is 14.2 Å². The molecule has 3 heterocycles. The van der Waals surface area contributed by atoms with Gasteiger partial charge in [0.15, 0.2) is 16.7 Å². The Labute approximate surface area is 212 Å². The summed E-state index contributed by atoms with van der Waals surface area (Å²) in [6.07, 6.45) is 1.53. The van der Waals surface area contributed by atoms with Gasteiger partial charge >= 0.3 is 0 Å². The summed E-state index contributed by atoms with van der Waals surface area (Å²) in [6.45, 7) is 4.98. The van der Waals surface area contributed by atoms with Crippen LogP contribution in [0.1, 0.15) is 30.1 Å². The van der Waals surface area contributed by atoms with Crippen molar-refractivity contribution < 1.29 is 23.0 Å². The molecule has 4 aromatic rings. The van der Waals surface area contributed by atoms with Crippen LogP contribution in [0.2, 0.25) is 0 Å². The van der Waals surface area contributed by atoms with Gasteiger partial charge in [0.2, 0.25) is 16.0 Å². The minimum Gasteiger partial charge on any atom is -0.494 e. The van der Waals surface area contributed by atoms with Crippen LogP contribution in [0, 0.1) is 13.8 Å². The average Bonchev–Trinajstić information content (AvgIpc) is 3.48. The van der Waals surface area contributed by atoms with Crippen LogP contribution in [0.15, 0.2) is 36.0 Å². The lowest BCUT2D eigenvalue weighted by Gasteiger charge is -2.20. The highest BCUT2D eigenvalue weighted by atomic mass is 32.2. The second kappa shape index (κ2) is 10.2. The molecule has 0 bridgehead atoms. The summed E-state index contributed by atoms with van der Waals surface area (Å²) >= 11 is 1.33. The predicted molar refractivity (Wildman–Crippen MR) is 134 cm³/mol. The van der Waals surface area contributed by atoms with E-state index in [2.05, 4.69) is 29.9 Å². The van der Waals surface area contributed by atoms with Crippen molar-refractivity contribution in [3.8, 4) is 28.0 Å². The minimum atomic E-state index is -4.21. The van der Waals surface area contributed by atoms with Crippen molar-refractivity contribution in [2.45, 2.75) is 32.1 Å². The molecule has 0 aliphatic rings. The van der Waals surface area contributed by atoms with Gasteiger partial charge < -0.3 is 14.6 Å². The van der Waals surface area contributed by atoms with Crippen molar-refractivity contribution in [2.24, 2.45) is 0 Å². The molecule has 36 heavy (non-hydrogen) atoms. The molecule has 4 rings (SSSR count). The Bertz CT molecular complexity index is 1450.